The Kier molecular flexibility index (Phi) is 4.09. The molecule has 0 amide bonds. The van der Waals surface area contributed by atoms with Crippen molar-refractivity contribution in [2.75, 3.05) is 13.2 Å². The Balaban J connectivity index is 2.12. The lowest BCUT2D eigenvalue weighted by Gasteiger charge is -2.51. The summed E-state index contributed by atoms with van der Waals surface area (Å²) in [6.45, 7) is 8.32. The molecule has 2 unspecified atom stereocenters. The van der Waals surface area contributed by atoms with Gasteiger partial charge < -0.3 is 8.85 Å². The summed E-state index contributed by atoms with van der Waals surface area (Å²) in [5.41, 5.74) is 1.57. The highest BCUT2D eigenvalue weighted by Crippen LogP contribution is 2.56. The first-order chi connectivity index (χ1) is 7.74. The monoisotopic (exact) mass is 242 g/mol. The van der Waals surface area contributed by atoms with E-state index < -0.39 is 8.56 Å². The van der Waals surface area contributed by atoms with Crippen LogP contribution in [0.3, 0.4) is 0 Å². The molecule has 2 aliphatic rings. The Labute approximate surface area is 101 Å². The van der Waals surface area contributed by atoms with Gasteiger partial charge in [-0.25, -0.2) is 0 Å². The number of hydrogen-bond donors (Lipinski definition) is 0. The van der Waals surface area contributed by atoms with Crippen LogP contribution >= 0.6 is 0 Å². The third-order valence-electron chi connectivity index (χ3n) is 4.55. The van der Waals surface area contributed by atoms with Crippen molar-refractivity contribution in [2.24, 2.45) is 5.92 Å². The highest BCUT2D eigenvalue weighted by atomic mass is 28.4. The third-order valence-corrected chi connectivity index (χ3v) is 9.64. The Bertz CT molecular complexity index is 222. The van der Waals surface area contributed by atoms with Crippen molar-refractivity contribution in [1.29, 1.82) is 0 Å². The van der Waals surface area contributed by atoms with Gasteiger partial charge in [0.1, 0.15) is 0 Å². The molecule has 0 aromatic rings. The standard InChI is InChI=1S/C13H26O2Si/c1-4-14-16(15-5-2,12-7-6-8-12)13-10-9-11(13)3/h11-13H,4-10H2,1-3H3. The summed E-state index contributed by atoms with van der Waals surface area (Å²) in [7, 11) is -1.89. The van der Waals surface area contributed by atoms with Crippen molar-refractivity contribution < 1.29 is 8.85 Å². The first-order valence-corrected chi connectivity index (χ1v) is 8.99. The second-order valence-electron chi connectivity index (χ2n) is 5.38. The number of rotatable bonds is 6. The highest BCUT2D eigenvalue weighted by molar-refractivity contribution is 6.71. The topological polar surface area (TPSA) is 18.5 Å². The van der Waals surface area contributed by atoms with Crippen LogP contribution in [0.5, 0.6) is 0 Å². The summed E-state index contributed by atoms with van der Waals surface area (Å²) in [5, 5.41) is 0. The quantitative estimate of drug-likeness (QED) is 0.659. The van der Waals surface area contributed by atoms with Gasteiger partial charge in [0, 0.05) is 24.3 Å². The maximum Gasteiger partial charge on any atom is 0.344 e. The lowest BCUT2D eigenvalue weighted by molar-refractivity contribution is 0.118. The minimum absolute atomic E-state index is 0.776. The maximum atomic E-state index is 6.26. The van der Waals surface area contributed by atoms with E-state index in [2.05, 4.69) is 20.8 Å². The molecule has 0 radical (unpaired) electrons. The minimum atomic E-state index is -1.89. The zero-order valence-corrected chi connectivity index (χ0v) is 12.0. The second kappa shape index (κ2) is 5.19. The van der Waals surface area contributed by atoms with Gasteiger partial charge in [-0.05, 0) is 39.0 Å². The highest BCUT2D eigenvalue weighted by Gasteiger charge is 2.57. The zero-order chi connectivity index (χ0) is 11.6. The van der Waals surface area contributed by atoms with Gasteiger partial charge in [0.2, 0.25) is 0 Å². The van der Waals surface area contributed by atoms with Crippen LogP contribution < -0.4 is 0 Å². The molecule has 0 aromatic heterocycles. The molecule has 2 fully saturated rings. The molecule has 0 saturated heterocycles. The first kappa shape index (κ1) is 12.6. The average Bonchev–Trinajstić information content (AvgIpc) is 2.13. The molecule has 0 N–H and O–H groups in total. The van der Waals surface area contributed by atoms with Crippen LogP contribution in [0.4, 0.5) is 0 Å². The van der Waals surface area contributed by atoms with Crippen LogP contribution in [-0.2, 0) is 8.85 Å². The minimum Gasteiger partial charge on any atom is -0.394 e. The Hall–Kier alpha value is 0.137. The van der Waals surface area contributed by atoms with E-state index in [1.54, 1.807) is 0 Å². The van der Waals surface area contributed by atoms with Crippen molar-refractivity contribution in [3.8, 4) is 0 Å². The van der Waals surface area contributed by atoms with E-state index >= 15 is 0 Å². The largest absolute Gasteiger partial charge is 0.394 e. The molecule has 3 heteroatoms. The smallest absolute Gasteiger partial charge is 0.344 e. The Morgan fingerprint density at radius 3 is 1.88 bits per heavy atom. The normalized spacial score (nSPS) is 30.9. The van der Waals surface area contributed by atoms with Gasteiger partial charge in [0.25, 0.3) is 0 Å². The van der Waals surface area contributed by atoms with Crippen molar-refractivity contribution in [1.82, 2.24) is 0 Å². The summed E-state index contributed by atoms with van der Waals surface area (Å²) in [6, 6.07) is 0. The molecule has 0 heterocycles. The maximum absolute atomic E-state index is 6.26. The van der Waals surface area contributed by atoms with E-state index in [1.807, 2.05) is 0 Å². The molecule has 0 bridgehead atoms. The van der Waals surface area contributed by atoms with Crippen molar-refractivity contribution >= 4 is 8.56 Å². The molecule has 0 aromatic carbocycles. The summed E-state index contributed by atoms with van der Waals surface area (Å²) in [4.78, 5) is 0. The summed E-state index contributed by atoms with van der Waals surface area (Å²) < 4.78 is 12.5. The van der Waals surface area contributed by atoms with Gasteiger partial charge in [-0.1, -0.05) is 19.8 Å². The lowest BCUT2D eigenvalue weighted by Crippen LogP contribution is -2.57. The molecule has 2 aliphatic carbocycles. The molecular weight excluding hydrogens is 216 g/mol. The van der Waals surface area contributed by atoms with E-state index in [1.165, 1.54) is 32.1 Å². The van der Waals surface area contributed by atoms with Gasteiger partial charge >= 0.3 is 8.56 Å². The van der Waals surface area contributed by atoms with Gasteiger partial charge in [-0.15, -0.1) is 0 Å². The molecule has 2 atom stereocenters. The van der Waals surface area contributed by atoms with E-state index in [-0.39, 0.29) is 0 Å². The van der Waals surface area contributed by atoms with Gasteiger partial charge in [-0.2, -0.15) is 0 Å². The summed E-state index contributed by atoms with van der Waals surface area (Å²) in [5.74, 6) is 0.838. The lowest BCUT2D eigenvalue weighted by atomic mass is 9.86. The average molecular weight is 242 g/mol. The van der Waals surface area contributed by atoms with Crippen LogP contribution in [0.25, 0.3) is 0 Å². The first-order valence-electron chi connectivity index (χ1n) is 7.02. The zero-order valence-electron chi connectivity index (χ0n) is 11.0. The molecule has 0 aliphatic heterocycles. The van der Waals surface area contributed by atoms with E-state index in [9.17, 15) is 0 Å². The summed E-state index contributed by atoms with van der Waals surface area (Å²) in [6.07, 6.45) is 6.84. The van der Waals surface area contributed by atoms with E-state index in [0.717, 1.165) is 30.2 Å². The van der Waals surface area contributed by atoms with Gasteiger partial charge in [0.05, 0.1) is 0 Å². The van der Waals surface area contributed by atoms with Crippen molar-refractivity contribution in [3.63, 3.8) is 0 Å². The van der Waals surface area contributed by atoms with E-state index in [4.69, 9.17) is 8.85 Å². The fraction of sp³-hybridized carbons (Fsp3) is 1.00. The molecule has 16 heavy (non-hydrogen) atoms. The fourth-order valence-corrected chi connectivity index (χ4v) is 8.55. The molecule has 2 saturated carbocycles. The van der Waals surface area contributed by atoms with Crippen LogP contribution in [0.15, 0.2) is 0 Å². The predicted octanol–water partition coefficient (Wildman–Crippen LogP) is 3.86. The molecule has 2 rings (SSSR count). The van der Waals surface area contributed by atoms with E-state index in [0.29, 0.717) is 0 Å². The SMILES string of the molecule is CCO[Si](OCC)(C1CCC1)C1CCC1C. The van der Waals surface area contributed by atoms with Crippen molar-refractivity contribution in [2.45, 2.75) is 64.0 Å². The second-order valence-corrected chi connectivity index (χ2v) is 8.95. The third kappa shape index (κ3) is 1.98. The fourth-order valence-electron chi connectivity index (χ4n) is 3.32. The molecule has 0 spiro atoms. The number of hydrogen-bond acceptors (Lipinski definition) is 2. The van der Waals surface area contributed by atoms with Gasteiger partial charge in [-0.3, -0.25) is 0 Å². The molecular formula is C13H26O2Si. The summed E-state index contributed by atoms with van der Waals surface area (Å²) >= 11 is 0. The Morgan fingerprint density at radius 1 is 1.00 bits per heavy atom. The Morgan fingerprint density at radius 2 is 1.62 bits per heavy atom. The van der Waals surface area contributed by atoms with Crippen LogP contribution in [-0.4, -0.2) is 21.8 Å². The van der Waals surface area contributed by atoms with Crippen molar-refractivity contribution in [3.05, 3.63) is 0 Å². The van der Waals surface area contributed by atoms with Gasteiger partial charge in [0.15, 0.2) is 0 Å². The molecule has 94 valence electrons. The predicted molar refractivity (Wildman–Crippen MR) is 68.8 cm³/mol. The van der Waals surface area contributed by atoms with Crippen LogP contribution in [0, 0.1) is 5.92 Å². The van der Waals surface area contributed by atoms with Crippen LogP contribution in [0.1, 0.15) is 52.9 Å². The van der Waals surface area contributed by atoms with Crippen LogP contribution in [0.2, 0.25) is 11.1 Å². The molecule has 2 nitrogen and oxygen atoms in total.